The van der Waals surface area contributed by atoms with Crippen molar-refractivity contribution in [3.63, 3.8) is 0 Å². The highest BCUT2D eigenvalue weighted by Gasteiger charge is 2.21. The second-order valence-corrected chi connectivity index (χ2v) is 5.52. The van der Waals surface area contributed by atoms with E-state index in [1.54, 1.807) is 9.25 Å². The molecule has 1 saturated carbocycles. The Bertz CT molecular complexity index is 467. The van der Waals surface area contributed by atoms with Gasteiger partial charge < -0.3 is 14.4 Å². The van der Waals surface area contributed by atoms with Crippen LogP contribution in [0.2, 0.25) is 0 Å². The summed E-state index contributed by atoms with van der Waals surface area (Å²) in [6, 6.07) is 0. The van der Waals surface area contributed by atoms with Gasteiger partial charge >= 0.3 is 0 Å². The van der Waals surface area contributed by atoms with Gasteiger partial charge in [-0.2, -0.15) is 5.10 Å². The van der Waals surface area contributed by atoms with Crippen molar-refractivity contribution >= 4 is 12.2 Å². The average molecular weight is 286 g/mol. The summed E-state index contributed by atoms with van der Waals surface area (Å²) in [7, 11) is 3.83. The second-order valence-electron chi connectivity index (χ2n) is 5.15. The summed E-state index contributed by atoms with van der Waals surface area (Å²) in [6.45, 7) is 2.99. The van der Waals surface area contributed by atoms with Gasteiger partial charge in [-0.1, -0.05) is 0 Å². The molecule has 0 aliphatic heterocycles. The Labute approximate surface area is 118 Å². The highest BCUT2D eigenvalue weighted by atomic mass is 32.1. The van der Waals surface area contributed by atoms with Crippen molar-refractivity contribution in [3.05, 3.63) is 10.6 Å². The lowest BCUT2D eigenvalue weighted by Crippen LogP contribution is -2.27. The standard InChI is InChI=1S/C12H22N4O2S/c1-14(5-6-18-8-10-3-4-10)9-16-12(19)15(2)11(7-17)13-16/h10,17H,3-9H2,1-2H3. The molecular weight excluding hydrogens is 264 g/mol. The zero-order valence-electron chi connectivity index (χ0n) is 11.6. The number of ether oxygens (including phenoxy) is 1. The molecule has 1 heterocycles. The van der Waals surface area contributed by atoms with Crippen molar-refractivity contribution < 1.29 is 9.84 Å². The number of aliphatic hydroxyl groups is 1. The maximum absolute atomic E-state index is 9.14. The molecule has 1 aliphatic carbocycles. The molecule has 0 saturated heterocycles. The van der Waals surface area contributed by atoms with E-state index in [0.717, 1.165) is 25.7 Å². The normalized spacial score (nSPS) is 15.4. The Hall–Kier alpha value is -0.760. The molecule has 1 aromatic heterocycles. The van der Waals surface area contributed by atoms with Gasteiger partial charge in [0.25, 0.3) is 0 Å². The maximum atomic E-state index is 9.14. The summed E-state index contributed by atoms with van der Waals surface area (Å²) in [5.41, 5.74) is 0. The van der Waals surface area contributed by atoms with Crippen molar-refractivity contribution in [1.29, 1.82) is 0 Å². The van der Waals surface area contributed by atoms with Gasteiger partial charge in [0.1, 0.15) is 6.61 Å². The molecule has 1 aliphatic rings. The van der Waals surface area contributed by atoms with E-state index < -0.39 is 0 Å². The quantitative estimate of drug-likeness (QED) is 0.565. The molecule has 0 amide bonds. The van der Waals surface area contributed by atoms with Gasteiger partial charge in [-0.15, -0.1) is 0 Å². The molecule has 0 radical (unpaired) electrons. The highest BCUT2D eigenvalue weighted by Crippen LogP contribution is 2.28. The van der Waals surface area contributed by atoms with Crippen LogP contribution in [0.4, 0.5) is 0 Å². The zero-order valence-corrected chi connectivity index (χ0v) is 12.4. The molecule has 0 unspecified atom stereocenters. The smallest absolute Gasteiger partial charge is 0.198 e. The Morgan fingerprint density at radius 3 is 2.84 bits per heavy atom. The first kappa shape index (κ1) is 14.6. The van der Waals surface area contributed by atoms with E-state index >= 15 is 0 Å². The first-order chi connectivity index (χ1) is 9.11. The van der Waals surface area contributed by atoms with E-state index in [1.807, 2.05) is 14.1 Å². The van der Waals surface area contributed by atoms with Crippen molar-refractivity contribution in [3.8, 4) is 0 Å². The third-order valence-electron chi connectivity index (χ3n) is 3.32. The van der Waals surface area contributed by atoms with Crippen molar-refractivity contribution in [2.24, 2.45) is 13.0 Å². The van der Waals surface area contributed by atoms with E-state index in [0.29, 0.717) is 17.3 Å². The monoisotopic (exact) mass is 286 g/mol. The highest BCUT2D eigenvalue weighted by molar-refractivity contribution is 7.71. The number of hydrogen-bond donors (Lipinski definition) is 1. The first-order valence-corrected chi connectivity index (χ1v) is 7.02. The topological polar surface area (TPSA) is 55.4 Å². The lowest BCUT2D eigenvalue weighted by atomic mass is 10.5. The summed E-state index contributed by atoms with van der Waals surface area (Å²) in [5, 5.41) is 13.4. The molecule has 7 heteroatoms. The van der Waals surface area contributed by atoms with E-state index in [-0.39, 0.29) is 6.61 Å². The van der Waals surface area contributed by atoms with Crippen molar-refractivity contribution in [2.75, 3.05) is 26.8 Å². The third-order valence-corrected chi connectivity index (χ3v) is 3.80. The number of nitrogens with zero attached hydrogens (tertiary/aromatic N) is 4. The van der Waals surface area contributed by atoms with Crippen LogP contribution in [0.15, 0.2) is 0 Å². The molecule has 1 aromatic rings. The second kappa shape index (κ2) is 6.60. The Morgan fingerprint density at radius 1 is 1.53 bits per heavy atom. The van der Waals surface area contributed by atoms with Gasteiger partial charge in [0, 0.05) is 20.2 Å². The Morgan fingerprint density at radius 2 is 2.26 bits per heavy atom. The lowest BCUT2D eigenvalue weighted by Gasteiger charge is -2.16. The number of rotatable bonds is 8. The van der Waals surface area contributed by atoms with Gasteiger partial charge in [0.05, 0.1) is 13.3 Å². The molecule has 0 atom stereocenters. The van der Waals surface area contributed by atoms with Gasteiger partial charge in [-0.25, -0.2) is 4.68 Å². The minimum atomic E-state index is -0.0959. The summed E-state index contributed by atoms with van der Waals surface area (Å²) in [4.78, 5) is 2.11. The van der Waals surface area contributed by atoms with Crippen molar-refractivity contribution in [2.45, 2.75) is 26.1 Å². The summed E-state index contributed by atoms with van der Waals surface area (Å²) in [6.07, 6.45) is 2.64. The molecule has 0 aromatic carbocycles. The molecular formula is C12H22N4O2S. The molecule has 1 N–H and O–H groups in total. The SMILES string of the molecule is CN(CCOCC1CC1)Cn1nc(CO)n(C)c1=S. The van der Waals surface area contributed by atoms with E-state index in [1.165, 1.54) is 12.8 Å². The molecule has 6 nitrogen and oxygen atoms in total. The number of aliphatic hydroxyl groups excluding tert-OH is 1. The summed E-state index contributed by atoms with van der Waals surface area (Å²) >= 11 is 5.27. The third kappa shape index (κ3) is 4.10. The van der Waals surface area contributed by atoms with Crippen LogP contribution in [-0.4, -0.2) is 51.2 Å². The Kier molecular flexibility index (Phi) is 5.09. The fourth-order valence-electron chi connectivity index (χ4n) is 1.82. The van der Waals surface area contributed by atoms with Gasteiger partial charge in [-0.3, -0.25) is 4.90 Å². The van der Waals surface area contributed by atoms with Crippen LogP contribution in [-0.2, 0) is 25.1 Å². The van der Waals surface area contributed by atoms with Crippen LogP contribution < -0.4 is 0 Å². The summed E-state index contributed by atoms with van der Waals surface area (Å²) in [5.74, 6) is 1.39. The Balaban J connectivity index is 1.77. The minimum Gasteiger partial charge on any atom is -0.388 e. The predicted molar refractivity (Wildman–Crippen MR) is 74.1 cm³/mol. The van der Waals surface area contributed by atoms with Crippen LogP contribution in [0, 0.1) is 10.7 Å². The van der Waals surface area contributed by atoms with Gasteiger partial charge in [0.2, 0.25) is 0 Å². The van der Waals surface area contributed by atoms with Crippen LogP contribution in [0.1, 0.15) is 18.7 Å². The molecule has 108 valence electrons. The van der Waals surface area contributed by atoms with E-state index in [4.69, 9.17) is 22.1 Å². The minimum absolute atomic E-state index is 0.0959. The van der Waals surface area contributed by atoms with E-state index in [2.05, 4.69) is 10.00 Å². The number of aromatic nitrogens is 3. The van der Waals surface area contributed by atoms with Crippen LogP contribution in [0.25, 0.3) is 0 Å². The summed E-state index contributed by atoms with van der Waals surface area (Å²) < 4.78 is 9.68. The number of likely N-dealkylation sites (N-methyl/N-ethyl adjacent to an activating group) is 1. The van der Waals surface area contributed by atoms with Crippen LogP contribution in [0.3, 0.4) is 0 Å². The zero-order chi connectivity index (χ0) is 13.8. The van der Waals surface area contributed by atoms with Gasteiger partial charge in [0.15, 0.2) is 10.6 Å². The fourth-order valence-corrected chi connectivity index (χ4v) is 2.02. The van der Waals surface area contributed by atoms with Crippen LogP contribution >= 0.6 is 12.2 Å². The van der Waals surface area contributed by atoms with E-state index in [9.17, 15) is 0 Å². The average Bonchev–Trinajstić information content (AvgIpc) is 3.18. The predicted octanol–water partition coefficient (Wildman–Crippen LogP) is 0.759. The molecule has 1 fully saturated rings. The maximum Gasteiger partial charge on any atom is 0.198 e. The van der Waals surface area contributed by atoms with Gasteiger partial charge in [-0.05, 0) is 38.0 Å². The van der Waals surface area contributed by atoms with Crippen molar-refractivity contribution in [1.82, 2.24) is 19.2 Å². The molecule has 2 rings (SSSR count). The first-order valence-electron chi connectivity index (χ1n) is 6.61. The molecule has 19 heavy (non-hydrogen) atoms. The lowest BCUT2D eigenvalue weighted by molar-refractivity contribution is 0.0937. The number of hydrogen-bond acceptors (Lipinski definition) is 5. The van der Waals surface area contributed by atoms with Crippen LogP contribution in [0.5, 0.6) is 0 Å². The fraction of sp³-hybridized carbons (Fsp3) is 0.833. The molecule has 0 spiro atoms. The molecule has 0 bridgehead atoms. The largest absolute Gasteiger partial charge is 0.388 e.